The number of aliphatic hydroxyl groups is 1. The molecule has 2 saturated heterocycles. The molecule has 1 atom stereocenters. The molecule has 1 aromatic heterocycles. The molecule has 2 fully saturated rings. The Kier molecular flexibility index (Phi) is 8.57. The van der Waals surface area contributed by atoms with E-state index in [9.17, 15) is 18.7 Å². The Balaban J connectivity index is 1.27. The highest BCUT2D eigenvalue weighted by Crippen LogP contribution is 2.27. The number of carbonyl (C=O) groups excluding carboxylic acids is 1. The van der Waals surface area contributed by atoms with Crippen LogP contribution in [0.4, 0.5) is 8.78 Å². The molecule has 3 heterocycles. The summed E-state index contributed by atoms with van der Waals surface area (Å²) < 4.78 is 35.3. The van der Waals surface area contributed by atoms with Crippen LogP contribution in [0.2, 0.25) is 0 Å². The Hall–Kier alpha value is -2.58. The number of rotatable bonds is 9. The lowest BCUT2D eigenvalue weighted by Gasteiger charge is -2.36. The van der Waals surface area contributed by atoms with Crippen molar-refractivity contribution in [2.75, 3.05) is 39.3 Å². The SMILES string of the molecule is CCC(F)(CC)CN1CCC(COc2ccc(-c3ccc(C(=O)N4CCC(O)C4)c(F)c3)cn2)CC1. The highest BCUT2D eigenvalue weighted by molar-refractivity contribution is 5.95. The number of hydrogen-bond acceptors (Lipinski definition) is 5. The Bertz CT molecular complexity index is 1020. The summed E-state index contributed by atoms with van der Waals surface area (Å²) in [6.45, 7) is 7.34. The highest BCUT2D eigenvalue weighted by atomic mass is 19.1. The molecule has 0 radical (unpaired) electrons. The molecular formula is C28H37F2N3O3. The smallest absolute Gasteiger partial charge is 0.256 e. The molecule has 1 amide bonds. The summed E-state index contributed by atoms with van der Waals surface area (Å²) in [5, 5.41) is 9.64. The van der Waals surface area contributed by atoms with Gasteiger partial charge in [-0.25, -0.2) is 13.8 Å². The summed E-state index contributed by atoms with van der Waals surface area (Å²) in [5.74, 6) is -0.0619. The molecule has 2 aliphatic rings. The third-order valence-electron chi connectivity index (χ3n) is 7.67. The first-order valence-corrected chi connectivity index (χ1v) is 13.1. The van der Waals surface area contributed by atoms with Crippen LogP contribution in [0.1, 0.15) is 56.3 Å². The molecule has 196 valence electrons. The second-order valence-electron chi connectivity index (χ2n) is 10.2. The van der Waals surface area contributed by atoms with Gasteiger partial charge in [-0.15, -0.1) is 0 Å². The van der Waals surface area contributed by atoms with E-state index in [1.807, 2.05) is 19.9 Å². The number of carbonyl (C=O) groups is 1. The number of nitrogens with zero attached hydrogens (tertiary/aromatic N) is 3. The van der Waals surface area contributed by atoms with E-state index in [-0.39, 0.29) is 12.1 Å². The zero-order chi connectivity index (χ0) is 25.7. The first kappa shape index (κ1) is 26.5. The summed E-state index contributed by atoms with van der Waals surface area (Å²) in [6, 6.07) is 8.13. The van der Waals surface area contributed by atoms with Crippen molar-refractivity contribution in [2.45, 2.75) is 57.7 Å². The molecule has 0 bridgehead atoms. The van der Waals surface area contributed by atoms with E-state index >= 15 is 0 Å². The summed E-state index contributed by atoms with van der Waals surface area (Å²) in [4.78, 5) is 20.6. The van der Waals surface area contributed by atoms with Gasteiger partial charge in [0, 0.05) is 37.5 Å². The van der Waals surface area contributed by atoms with Gasteiger partial charge in [0.2, 0.25) is 5.88 Å². The number of halogens is 2. The fourth-order valence-corrected chi connectivity index (χ4v) is 4.99. The van der Waals surface area contributed by atoms with Gasteiger partial charge in [0.15, 0.2) is 0 Å². The normalized spacial score (nSPS) is 19.6. The maximum absolute atomic E-state index is 14.7. The third kappa shape index (κ3) is 6.40. The number of pyridine rings is 1. The number of ether oxygens (including phenoxy) is 1. The van der Waals surface area contributed by atoms with Crippen molar-refractivity contribution in [1.82, 2.24) is 14.8 Å². The maximum atomic E-state index is 14.7. The van der Waals surface area contributed by atoms with Crippen LogP contribution in [0.25, 0.3) is 11.1 Å². The van der Waals surface area contributed by atoms with E-state index in [1.165, 1.54) is 17.0 Å². The first-order chi connectivity index (χ1) is 17.3. The summed E-state index contributed by atoms with van der Waals surface area (Å²) in [7, 11) is 0. The van der Waals surface area contributed by atoms with Crippen LogP contribution < -0.4 is 4.74 Å². The second kappa shape index (κ2) is 11.6. The molecule has 0 saturated carbocycles. The van der Waals surface area contributed by atoms with Crippen molar-refractivity contribution in [3.8, 4) is 17.0 Å². The molecule has 1 unspecified atom stereocenters. The number of β-amino-alcohol motifs (C(OH)–C–C–N with tert-alkyl or cyclic N) is 1. The van der Waals surface area contributed by atoms with E-state index < -0.39 is 23.5 Å². The molecule has 4 rings (SSSR count). The number of hydrogen-bond donors (Lipinski definition) is 1. The van der Waals surface area contributed by atoms with Crippen molar-refractivity contribution < 1.29 is 23.4 Å². The topological polar surface area (TPSA) is 65.9 Å². The van der Waals surface area contributed by atoms with Crippen LogP contribution in [-0.4, -0.2) is 76.9 Å². The number of benzene rings is 1. The van der Waals surface area contributed by atoms with Crippen molar-refractivity contribution in [3.05, 3.63) is 47.9 Å². The summed E-state index contributed by atoms with van der Waals surface area (Å²) in [5.41, 5.74) is 0.269. The van der Waals surface area contributed by atoms with Gasteiger partial charge >= 0.3 is 0 Å². The fraction of sp³-hybridized carbons (Fsp3) is 0.571. The fourth-order valence-electron chi connectivity index (χ4n) is 4.99. The number of likely N-dealkylation sites (tertiary alicyclic amines) is 2. The molecule has 0 spiro atoms. The lowest BCUT2D eigenvalue weighted by Crippen LogP contribution is -2.44. The maximum Gasteiger partial charge on any atom is 0.256 e. The van der Waals surface area contributed by atoms with Gasteiger partial charge in [-0.05, 0) is 74.9 Å². The summed E-state index contributed by atoms with van der Waals surface area (Å²) in [6.07, 6.45) is 4.66. The van der Waals surface area contributed by atoms with Crippen LogP contribution in [0.15, 0.2) is 36.5 Å². The Morgan fingerprint density at radius 2 is 1.83 bits per heavy atom. The largest absolute Gasteiger partial charge is 0.477 e. The van der Waals surface area contributed by atoms with Crippen molar-refractivity contribution in [1.29, 1.82) is 0 Å². The molecule has 6 nitrogen and oxygen atoms in total. The zero-order valence-corrected chi connectivity index (χ0v) is 21.3. The molecule has 2 aromatic rings. The molecular weight excluding hydrogens is 464 g/mol. The average molecular weight is 502 g/mol. The first-order valence-electron chi connectivity index (χ1n) is 13.1. The molecule has 36 heavy (non-hydrogen) atoms. The van der Waals surface area contributed by atoms with Gasteiger partial charge in [-0.3, -0.25) is 4.79 Å². The van der Waals surface area contributed by atoms with Crippen molar-refractivity contribution >= 4 is 5.91 Å². The molecule has 2 aliphatic heterocycles. The molecule has 1 aromatic carbocycles. The van der Waals surface area contributed by atoms with Gasteiger partial charge in [-0.2, -0.15) is 0 Å². The lowest BCUT2D eigenvalue weighted by molar-refractivity contribution is 0.0565. The predicted octanol–water partition coefficient (Wildman–Crippen LogP) is 4.71. The van der Waals surface area contributed by atoms with Crippen LogP contribution in [-0.2, 0) is 0 Å². The number of amides is 1. The number of alkyl halides is 1. The van der Waals surface area contributed by atoms with Gasteiger partial charge in [0.05, 0.1) is 18.3 Å². The minimum Gasteiger partial charge on any atom is -0.477 e. The van der Waals surface area contributed by atoms with E-state index in [0.717, 1.165) is 31.5 Å². The minimum absolute atomic E-state index is 0.00778. The number of piperidine rings is 1. The monoisotopic (exact) mass is 501 g/mol. The molecule has 0 aliphatic carbocycles. The van der Waals surface area contributed by atoms with Crippen LogP contribution in [0.5, 0.6) is 5.88 Å². The van der Waals surface area contributed by atoms with Crippen LogP contribution in [0, 0.1) is 11.7 Å². The van der Waals surface area contributed by atoms with Crippen molar-refractivity contribution in [2.24, 2.45) is 5.92 Å². The minimum atomic E-state index is -1.09. The van der Waals surface area contributed by atoms with Gasteiger partial charge < -0.3 is 19.6 Å². The van der Waals surface area contributed by atoms with E-state index in [4.69, 9.17) is 4.74 Å². The van der Waals surface area contributed by atoms with E-state index in [1.54, 1.807) is 18.3 Å². The Labute approximate surface area is 212 Å². The Morgan fingerprint density at radius 3 is 2.42 bits per heavy atom. The standard InChI is InChI=1S/C28H37F2N3O3/c1-3-28(30,4-2)19-32-12-9-20(10-13-32)18-36-26-8-6-22(16-31-26)21-5-7-24(25(29)15-21)27(35)33-14-11-23(34)17-33/h5-8,15-16,20,23,34H,3-4,9-14,17-19H2,1-2H3. The van der Waals surface area contributed by atoms with Crippen LogP contribution >= 0.6 is 0 Å². The van der Waals surface area contributed by atoms with Crippen LogP contribution in [0.3, 0.4) is 0 Å². The van der Waals surface area contributed by atoms with E-state index in [0.29, 0.717) is 56.3 Å². The molecule has 8 heteroatoms. The number of aliphatic hydroxyl groups excluding tert-OH is 1. The quantitative estimate of drug-likeness (QED) is 0.539. The summed E-state index contributed by atoms with van der Waals surface area (Å²) >= 11 is 0. The third-order valence-corrected chi connectivity index (χ3v) is 7.67. The van der Waals surface area contributed by atoms with Gasteiger partial charge in [0.1, 0.15) is 11.5 Å². The van der Waals surface area contributed by atoms with Gasteiger partial charge in [-0.1, -0.05) is 19.9 Å². The Morgan fingerprint density at radius 1 is 1.11 bits per heavy atom. The average Bonchev–Trinajstić information content (AvgIpc) is 3.34. The van der Waals surface area contributed by atoms with Crippen molar-refractivity contribution in [3.63, 3.8) is 0 Å². The predicted molar refractivity (Wildman–Crippen MR) is 135 cm³/mol. The van der Waals surface area contributed by atoms with E-state index in [2.05, 4.69) is 9.88 Å². The number of aromatic nitrogens is 1. The van der Waals surface area contributed by atoms with Gasteiger partial charge in [0.25, 0.3) is 5.91 Å². The zero-order valence-electron chi connectivity index (χ0n) is 21.3. The highest BCUT2D eigenvalue weighted by Gasteiger charge is 2.30. The second-order valence-corrected chi connectivity index (χ2v) is 10.2. The lowest BCUT2D eigenvalue weighted by atomic mass is 9.94. The molecule has 1 N–H and O–H groups in total.